The predicted molar refractivity (Wildman–Crippen MR) is 82.2 cm³/mol. The third-order valence-electron chi connectivity index (χ3n) is 4.77. The summed E-state index contributed by atoms with van der Waals surface area (Å²) in [5.74, 6) is 0.749. The number of hydrogen-bond donors (Lipinski definition) is 1. The largest absolute Gasteiger partial charge is 0.339 e. The monoisotopic (exact) mass is 274 g/mol. The molecule has 0 aromatic heterocycles. The maximum Gasteiger partial charge on any atom is 0.226 e. The van der Waals surface area contributed by atoms with Crippen LogP contribution in [0.1, 0.15) is 43.4 Å². The molecule has 2 rings (SSSR count). The van der Waals surface area contributed by atoms with E-state index >= 15 is 0 Å². The number of amides is 1. The van der Waals surface area contributed by atoms with Crippen LogP contribution in [0.4, 0.5) is 0 Å². The van der Waals surface area contributed by atoms with Gasteiger partial charge in [0.1, 0.15) is 0 Å². The first kappa shape index (κ1) is 15.0. The summed E-state index contributed by atoms with van der Waals surface area (Å²) in [6, 6.07) is 8.53. The van der Waals surface area contributed by atoms with Gasteiger partial charge in [0, 0.05) is 13.0 Å². The molecule has 0 aliphatic heterocycles. The number of carbonyl (C=O) groups excluding carboxylic acids is 1. The van der Waals surface area contributed by atoms with Crippen molar-refractivity contribution in [3.8, 4) is 0 Å². The fourth-order valence-electron chi connectivity index (χ4n) is 3.17. The van der Waals surface area contributed by atoms with E-state index < -0.39 is 0 Å². The average molecular weight is 274 g/mol. The van der Waals surface area contributed by atoms with Crippen LogP contribution < -0.4 is 5.73 Å². The molecular weight excluding hydrogens is 248 g/mol. The van der Waals surface area contributed by atoms with Gasteiger partial charge in [-0.15, -0.1) is 0 Å². The lowest BCUT2D eigenvalue weighted by Gasteiger charge is -2.30. The lowest BCUT2D eigenvalue weighted by atomic mass is 9.94. The summed E-state index contributed by atoms with van der Waals surface area (Å²) in [5, 5.41) is 0. The highest BCUT2D eigenvalue weighted by molar-refractivity contribution is 5.79. The summed E-state index contributed by atoms with van der Waals surface area (Å²) < 4.78 is 0. The molecule has 1 aromatic carbocycles. The zero-order chi connectivity index (χ0) is 14.7. The molecule has 0 saturated heterocycles. The van der Waals surface area contributed by atoms with E-state index in [9.17, 15) is 4.79 Å². The van der Waals surface area contributed by atoms with Crippen LogP contribution >= 0.6 is 0 Å². The number of nitrogens with zero attached hydrogens (tertiary/aromatic N) is 1. The number of hydrogen-bond acceptors (Lipinski definition) is 2. The van der Waals surface area contributed by atoms with E-state index in [0.717, 1.165) is 19.3 Å². The van der Waals surface area contributed by atoms with E-state index in [2.05, 4.69) is 38.1 Å². The van der Waals surface area contributed by atoms with E-state index in [1.165, 1.54) is 11.1 Å². The van der Waals surface area contributed by atoms with Gasteiger partial charge in [0.2, 0.25) is 5.91 Å². The van der Waals surface area contributed by atoms with Gasteiger partial charge in [-0.25, -0.2) is 0 Å². The number of rotatable bonds is 4. The molecule has 3 heteroatoms. The van der Waals surface area contributed by atoms with Crippen molar-refractivity contribution < 1.29 is 4.79 Å². The van der Waals surface area contributed by atoms with Crippen LogP contribution in [0.15, 0.2) is 24.3 Å². The zero-order valence-corrected chi connectivity index (χ0v) is 12.8. The molecule has 1 aromatic rings. The molecule has 0 radical (unpaired) electrons. The molecular formula is C17H26N2O. The SMILES string of the molecule is Cc1ccc(C(C)N(C)C(=O)[C@@H]2CCC[C@@H]2CN)cc1. The molecule has 3 atom stereocenters. The van der Waals surface area contributed by atoms with Crippen LogP contribution in [0.3, 0.4) is 0 Å². The van der Waals surface area contributed by atoms with Gasteiger partial charge >= 0.3 is 0 Å². The van der Waals surface area contributed by atoms with Crippen LogP contribution in [0.5, 0.6) is 0 Å². The second kappa shape index (κ2) is 6.40. The minimum Gasteiger partial charge on any atom is -0.339 e. The highest BCUT2D eigenvalue weighted by Gasteiger charge is 2.34. The maximum absolute atomic E-state index is 12.7. The van der Waals surface area contributed by atoms with Crippen LogP contribution in [0, 0.1) is 18.8 Å². The summed E-state index contributed by atoms with van der Waals surface area (Å²) in [7, 11) is 1.92. The molecule has 1 fully saturated rings. The van der Waals surface area contributed by atoms with Crippen molar-refractivity contribution in [1.29, 1.82) is 0 Å². The van der Waals surface area contributed by atoms with Crippen LogP contribution in [-0.2, 0) is 4.79 Å². The third-order valence-corrected chi connectivity index (χ3v) is 4.77. The second-order valence-corrected chi connectivity index (χ2v) is 6.07. The van der Waals surface area contributed by atoms with Crippen LogP contribution in [0.25, 0.3) is 0 Å². The Bertz CT molecular complexity index is 455. The van der Waals surface area contributed by atoms with Crippen molar-refractivity contribution in [3.05, 3.63) is 35.4 Å². The van der Waals surface area contributed by atoms with Crippen molar-refractivity contribution in [2.24, 2.45) is 17.6 Å². The molecule has 0 spiro atoms. The molecule has 2 N–H and O–H groups in total. The van der Waals surface area contributed by atoms with Crippen LogP contribution in [-0.4, -0.2) is 24.4 Å². The Kier molecular flexibility index (Phi) is 4.81. The van der Waals surface area contributed by atoms with Crippen LogP contribution in [0.2, 0.25) is 0 Å². The molecule has 110 valence electrons. The Morgan fingerprint density at radius 3 is 2.60 bits per heavy atom. The standard InChI is InChI=1S/C17H26N2O/c1-12-7-9-14(10-8-12)13(2)19(3)17(20)16-6-4-5-15(16)11-18/h7-10,13,15-16H,4-6,11,18H2,1-3H3/t13?,15-,16-/m1/s1. The minimum absolute atomic E-state index is 0.113. The molecule has 1 saturated carbocycles. The Hall–Kier alpha value is -1.35. The first-order valence-electron chi connectivity index (χ1n) is 7.58. The van der Waals surface area contributed by atoms with Gasteiger partial charge in [0.25, 0.3) is 0 Å². The van der Waals surface area contributed by atoms with Gasteiger partial charge in [0.05, 0.1) is 6.04 Å². The van der Waals surface area contributed by atoms with E-state index in [0.29, 0.717) is 12.5 Å². The maximum atomic E-state index is 12.7. The lowest BCUT2D eigenvalue weighted by molar-refractivity contribution is -0.137. The Balaban J connectivity index is 2.07. The summed E-state index contributed by atoms with van der Waals surface area (Å²) in [6.07, 6.45) is 3.22. The molecule has 1 amide bonds. The van der Waals surface area contributed by atoms with E-state index in [1.54, 1.807) is 0 Å². The molecule has 1 aliphatic carbocycles. The molecule has 0 heterocycles. The normalized spacial score (nSPS) is 23.6. The van der Waals surface area contributed by atoms with E-state index in [-0.39, 0.29) is 17.9 Å². The van der Waals surface area contributed by atoms with Crippen molar-refractivity contribution in [2.45, 2.75) is 39.2 Å². The topological polar surface area (TPSA) is 46.3 Å². The molecule has 0 bridgehead atoms. The number of carbonyl (C=O) groups is 1. The fraction of sp³-hybridized carbons (Fsp3) is 0.588. The van der Waals surface area contributed by atoms with Gasteiger partial charge in [-0.2, -0.15) is 0 Å². The smallest absolute Gasteiger partial charge is 0.226 e. The third kappa shape index (κ3) is 3.04. The Morgan fingerprint density at radius 2 is 2.00 bits per heavy atom. The predicted octanol–water partition coefficient (Wildman–Crippen LogP) is 2.89. The highest BCUT2D eigenvalue weighted by Crippen LogP contribution is 2.34. The highest BCUT2D eigenvalue weighted by atomic mass is 16.2. The molecule has 1 unspecified atom stereocenters. The van der Waals surface area contributed by atoms with Crippen molar-refractivity contribution in [2.75, 3.05) is 13.6 Å². The van der Waals surface area contributed by atoms with Gasteiger partial charge in [-0.3, -0.25) is 4.79 Å². The van der Waals surface area contributed by atoms with Gasteiger partial charge < -0.3 is 10.6 Å². The number of aryl methyl sites for hydroxylation is 1. The molecule has 20 heavy (non-hydrogen) atoms. The lowest BCUT2D eigenvalue weighted by Crippen LogP contribution is -2.38. The first-order valence-corrected chi connectivity index (χ1v) is 7.58. The van der Waals surface area contributed by atoms with E-state index in [4.69, 9.17) is 5.73 Å². The molecule has 1 aliphatic rings. The first-order chi connectivity index (χ1) is 9.54. The number of nitrogens with two attached hydrogens (primary N) is 1. The van der Waals surface area contributed by atoms with Crippen molar-refractivity contribution in [3.63, 3.8) is 0 Å². The molecule has 3 nitrogen and oxygen atoms in total. The van der Waals surface area contributed by atoms with E-state index in [1.807, 2.05) is 11.9 Å². The average Bonchev–Trinajstić information content (AvgIpc) is 2.94. The zero-order valence-electron chi connectivity index (χ0n) is 12.8. The summed E-state index contributed by atoms with van der Waals surface area (Å²) >= 11 is 0. The van der Waals surface area contributed by atoms with Crippen molar-refractivity contribution in [1.82, 2.24) is 4.90 Å². The van der Waals surface area contributed by atoms with Gasteiger partial charge in [0.15, 0.2) is 0 Å². The van der Waals surface area contributed by atoms with Gasteiger partial charge in [-0.05, 0) is 44.7 Å². The summed E-state index contributed by atoms with van der Waals surface area (Å²) in [5.41, 5.74) is 8.23. The quantitative estimate of drug-likeness (QED) is 0.917. The summed E-state index contributed by atoms with van der Waals surface area (Å²) in [4.78, 5) is 14.6. The van der Waals surface area contributed by atoms with Gasteiger partial charge in [-0.1, -0.05) is 36.2 Å². The minimum atomic E-state index is 0.113. The Morgan fingerprint density at radius 1 is 1.35 bits per heavy atom. The van der Waals surface area contributed by atoms with Crippen molar-refractivity contribution >= 4 is 5.91 Å². The fourth-order valence-corrected chi connectivity index (χ4v) is 3.17. The Labute approximate surface area is 122 Å². The number of benzene rings is 1. The second-order valence-electron chi connectivity index (χ2n) is 6.07. The summed E-state index contributed by atoms with van der Waals surface area (Å²) in [6.45, 7) is 4.80.